The van der Waals surface area contributed by atoms with Gasteiger partial charge in [-0.2, -0.15) is 0 Å². The van der Waals surface area contributed by atoms with E-state index in [0.717, 1.165) is 27.7 Å². The lowest BCUT2D eigenvalue weighted by molar-refractivity contribution is 0.402. The molecule has 0 spiro atoms. The van der Waals surface area contributed by atoms with Crippen LogP contribution in [0.5, 0.6) is 0 Å². The van der Waals surface area contributed by atoms with Crippen LogP contribution in [0.2, 0.25) is 0 Å². The Morgan fingerprint density at radius 1 is 0.719 bits per heavy atom. The molecule has 1 aliphatic heterocycles. The van der Waals surface area contributed by atoms with Crippen molar-refractivity contribution < 1.29 is 0 Å². The van der Waals surface area contributed by atoms with Crippen molar-refractivity contribution in [3.05, 3.63) is 109 Å². The summed E-state index contributed by atoms with van der Waals surface area (Å²) in [5.74, 6) is 0. The molecular formula is C28H23N3S. The first-order valence-corrected chi connectivity index (χ1v) is 11.7. The van der Waals surface area contributed by atoms with Gasteiger partial charge >= 0.3 is 0 Å². The molecule has 0 fully saturated rings. The molecule has 0 saturated carbocycles. The number of rotatable bonds is 3. The molecule has 0 radical (unpaired) electrons. The van der Waals surface area contributed by atoms with Crippen molar-refractivity contribution >= 4 is 39.9 Å². The SMILES string of the molecule is CC1(C)c2ccc(N(c3ccccc3)c3ccccc3)cc2Sc2nc3ccccc3n21. The minimum atomic E-state index is -0.186. The number of aromatic nitrogens is 2. The predicted molar refractivity (Wildman–Crippen MR) is 133 cm³/mol. The Labute approximate surface area is 192 Å². The van der Waals surface area contributed by atoms with E-state index >= 15 is 0 Å². The van der Waals surface area contributed by atoms with Gasteiger partial charge in [-0.15, -0.1) is 0 Å². The van der Waals surface area contributed by atoms with Crippen molar-refractivity contribution in [2.75, 3.05) is 4.90 Å². The van der Waals surface area contributed by atoms with E-state index in [1.807, 2.05) is 0 Å². The summed E-state index contributed by atoms with van der Waals surface area (Å²) in [6.07, 6.45) is 0. The number of hydrogen-bond acceptors (Lipinski definition) is 3. The molecule has 2 heterocycles. The number of nitrogens with zero attached hydrogens (tertiary/aromatic N) is 3. The fourth-order valence-electron chi connectivity index (χ4n) is 4.67. The minimum absolute atomic E-state index is 0.186. The predicted octanol–water partition coefficient (Wildman–Crippen LogP) is 7.75. The zero-order valence-electron chi connectivity index (χ0n) is 18.1. The van der Waals surface area contributed by atoms with Crippen molar-refractivity contribution in [2.45, 2.75) is 29.4 Å². The van der Waals surface area contributed by atoms with Crippen LogP contribution in [-0.2, 0) is 5.54 Å². The molecule has 5 aromatic rings. The monoisotopic (exact) mass is 433 g/mol. The number of anilines is 3. The van der Waals surface area contributed by atoms with Crippen LogP contribution >= 0.6 is 11.8 Å². The zero-order chi connectivity index (χ0) is 21.7. The quantitative estimate of drug-likeness (QED) is 0.290. The van der Waals surface area contributed by atoms with Gasteiger partial charge in [0.05, 0.1) is 16.6 Å². The van der Waals surface area contributed by atoms with E-state index in [2.05, 4.69) is 126 Å². The third kappa shape index (κ3) is 2.94. The normalized spacial score (nSPS) is 14.1. The van der Waals surface area contributed by atoms with Gasteiger partial charge in [0.1, 0.15) is 0 Å². The molecule has 0 saturated heterocycles. The topological polar surface area (TPSA) is 21.1 Å². The molecular weight excluding hydrogens is 410 g/mol. The highest BCUT2D eigenvalue weighted by atomic mass is 32.2. The van der Waals surface area contributed by atoms with E-state index in [1.54, 1.807) is 11.8 Å². The summed E-state index contributed by atoms with van der Waals surface area (Å²) in [5.41, 5.74) is 6.81. The molecule has 3 nitrogen and oxygen atoms in total. The maximum atomic E-state index is 4.95. The summed E-state index contributed by atoms with van der Waals surface area (Å²) in [6, 6.07) is 36.3. The van der Waals surface area contributed by atoms with Crippen LogP contribution in [0.25, 0.3) is 11.0 Å². The Kier molecular flexibility index (Phi) is 4.37. The van der Waals surface area contributed by atoms with Gasteiger partial charge in [0.25, 0.3) is 0 Å². The van der Waals surface area contributed by atoms with Gasteiger partial charge in [-0.25, -0.2) is 4.98 Å². The van der Waals surface area contributed by atoms with Gasteiger partial charge in [-0.1, -0.05) is 66.4 Å². The largest absolute Gasteiger partial charge is 0.310 e. The molecule has 6 rings (SSSR count). The Morgan fingerprint density at radius 2 is 1.34 bits per heavy atom. The smallest absolute Gasteiger partial charge is 0.174 e. The summed E-state index contributed by atoms with van der Waals surface area (Å²) in [7, 11) is 0. The van der Waals surface area contributed by atoms with Crippen LogP contribution in [-0.4, -0.2) is 9.55 Å². The Balaban J connectivity index is 1.51. The number of para-hydroxylation sites is 4. The molecule has 0 amide bonds. The first-order chi connectivity index (χ1) is 15.6. The van der Waals surface area contributed by atoms with E-state index in [0.29, 0.717) is 0 Å². The third-order valence-corrected chi connectivity index (χ3v) is 7.22. The summed E-state index contributed by atoms with van der Waals surface area (Å²) in [4.78, 5) is 8.52. The highest BCUT2D eigenvalue weighted by Gasteiger charge is 2.35. The fraction of sp³-hybridized carbons (Fsp3) is 0.107. The first kappa shape index (κ1) is 19.2. The molecule has 1 aliphatic rings. The van der Waals surface area contributed by atoms with Gasteiger partial charge in [0.15, 0.2) is 5.16 Å². The lowest BCUT2D eigenvalue weighted by atomic mass is 9.92. The Bertz CT molecular complexity index is 1380. The molecule has 1 aromatic heterocycles. The maximum Gasteiger partial charge on any atom is 0.174 e. The molecule has 4 aromatic carbocycles. The van der Waals surface area contributed by atoms with Gasteiger partial charge in [0.2, 0.25) is 0 Å². The van der Waals surface area contributed by atoms with Crippen LogP contribution in [0.1, 0.15) is 19.4 Å². The van der Waals surface area contributed by atoms with E-state index in [4.69, 9.17) is 4.98 Å². The second-order valence-corrected chi connectivity index (χ2v) is 9.58. The number of benzene rings is 4. The van der Waals surface area contributed by atoms with E-state index < -0.39 is 0 Å². The molecule has 156 valence electrons. The highest BCUT2D eigenvalue weighted by Crippen LogP contribution is 2.48. The zero-order valence-corrected chi connectivity index (χ0v) is 18.9. The molecule has 0 unspecified atom stereocenters. The van der Waals surface area contributed by atoms with Crippen LogP contribution in [0.15, 0.2) is 113 Å². The van der Waals surface area contributed by atoms with E-state index in [9.17, 15) is 0 Å². The lowest BCUT2D eigenvalue weighted by Crippen LogP contribution is -2.31. The second kappa shape index (κ2) is 7.28. The Morgan fingerprint density at radius 3 is 2.03 bits per heavy atom. The molecule has 32 heavy (non-hydrogen) atoms. The van der Waals surface area contributed by atoms with Crippen LogP contribution < -0.4 is 4.90 Å². The molecule has 4 heteroatoms. The lowest BCUT2D eigenvalue weighted by Gasteiger charge is -2.36. The molecule has 0 atom stereocenters. The van der Waals surface area contributed by atoms with Crippen molar-refractivity contribution in [3.63, 3.8) is 0 Å². The number of hydrogen-bond donors (Lipinski definition) is 0. The third-order valence-electron chi connectivity index (χ3n) is 6.20. The van der Waals surface area contributed by atoms with E-state index in [-0.39, 0.29) is 5.54 Å². The van der Waals surface area contributed by atoms with Crippen molar-refractivity contribution in [1.29, 1.82) is 0 Å². The number of imidazole rings is 1. The second-order valence-electron chi connectivity index (χ2n) is 8.57. The minimum Gasteiger partial charge on any atom is -0.310 e. The summed E-state index contributed by atoms with van der Waals surface area (Å²) in [5, 5.41) is 1.05. The van der Waals surface area contributed by atoms with Crippen molar-refractivity contribution in [2.24, 2.45) is 0 Å². The standard InChI is InChI=1S/C28H23N3S/c1-28(2)23-18-17-22(30(20-11-5-3-6-12-20)21-13-7-4-8-14-21)19-26(23)32-27-29-24-15-9-10-16-25(24)31(27)28/h3-19H,1-2H3. The maximum absolute atomic E-state index is 4.95. The Hall–Kier alpha value is -3.50. The number of fused-ring (bicyclic) bond motifs is 4. The van der Waals surface area contributed by atoms with Gasteiger partial charge < -0.3 is 9.47 Å². The van der Waals surface area contributed by atoms with Gasteiger partial charge in [-0.05, 0) is 67.9 Å². The van der Waals surface area contributed by atoms with Gasteiger partial charge in [-0.3, -0.25) is 0 Å². The average molecular weight is 434 g/mol. The van der Waals surface area contributed by atoms with Crippen molar-refractivity contribution in [3.8, 4) is 0 Å². The van der Waals surface area contributed by atoms with Crippen LogP contribution in [0.3, 0.4) is 0 Å². The molecule has 0 bridgehead atoms. The van der Waals surface area contributed by atoms with Crippen molar-refractivity contribution in [1.82, 2.24) is 9.55 Å². The fourth-order valence-corrected chi connectivity index (χ4v) is 6.04. The van der Waals surface area contributed by atoms with Gasteiger partial charge in [0, 0.05) is 22.0 Å². The van der Waals surface area contributed by atoms with E-state index in [1.165, 1.54) is 16.0 Å². The first-order valence-electron chi connectivity index (χ1n) is 10.8. The average Bonchev–Trinajstić information content (AvgIpc) is 3.20. The molecule has 0 aliphatic carbocycles. The van der Waals surface area contributed by atoms with Crippen LogP contribution in [0.4, 0.5) is 17.1 Å². The summed E-state index contributed by atoms with van der Waals surface area (Å²) >= 11 is 1.76. The summed E-state index contributed by atoms with van der Waals surface area (Å²) < 4.78 is 2.38. The summed E-state index contributed by atoms with van der Waals surface area (Å²) in [6.45, 7) is 4.57. The highest BCUT2D eigenvalue weighted by molar-refractivity contribution is 7.99. The molecule has 0 N–H and O–H groups in total. The van der Waals surface area contributed by atoms with Crippen LogP contribution in [0, 0.1) is 0 Å².